The van der Waals surface area contributed by atoms with Crippen molar-refractivity contribution in [1.82, 2.24) is 9.62 Å². The highest BCUT2D eigenvalue weighted by Crippen LogP contribution is 2.26. The van der Waals surface area contributed by atoms with Crippen LogP contribution in [-0.2, 0) is 14.8 Å². The molecule has 1 fully saturated rings. The van der Waals surface area contributed by atoms with E-state index >= 15 is 0 Å². The predicted octanol–water partition coefficient (Wildman–Crippen LogP) is 1.83. The van der Waals surface area contributed by atoms with Crippen molar-refractivity contribution in [2.45, 2.75) is 24.7 Å². The molecule has 6 nitrogen and oxygen atoms in total. The summed E-state index contributed by atoms with van der Waals surface area (Å²) in [4.78, 5) is 11.1. The van der Waals surface area contributed by atoms with E-state index in [0.29, 0.717) is 19.0 Å². The maximum Gasteiger partial charge on any atom is 0.243 e. The van der Waals surface area contributed by atoms with Gasteiger partial charge in [0.05, 0.1) is 10.6 Å². The summed E-state index contributed by atoms with van der Waals surface area (Å²) in [6.45, 7) is 3.01. The quantitative estimate of drug-likeness (QED) is 0.818. The van der Waals surface area contributed by atoms with E-state index in [1.54, 1.807) is 0 Å². The fourth-order valence-electron chi connectivity index (χ4n) is 2.74. The molecule has 1 heterocycles. The summed E-state index contributed by atoms with van der Waals surface area (Å²) >= 11 is 0. The number of carbonyl (C=O) groups excluding carboxylic acids is 1. The van der Waals surface area contributed by atoms with E-state index in [-0.39, 0.29) is 23.0 Å². The first-order valence-electron chi connectivity index (χ1n) is 7.56. The third kappa shape index (κ3) is 4.89. The van der Waals surface area contributed by atoms with Gasteiger partial charge in [0.2, 0.25) is 15.9 Å². The lowest BCUT2D eigenvalue weighted by Gasteiger charge is -2.31. The Morgan fingerprint density at radius 3 is 2.50 bits per heavy atom. The second-order valence-corrected chi connectivity index (χ2v) is 7.67. The number of halogens is 2. The van der Waals surface area contributed by atoms with Crippen molar-refractivity contribution in [1.29, 1.82) is 0 Å². The highest BCUT2D eigenvalue weighted by molar-refractivity contribution is 7.89. The van der Waals surface area contributed by atoms with E-state index in [2.05, 4.69) is 10.6 Å². The number of sulfonamides is 1. The van der Waals surface area contributed by atoms with Crippen LogP contribution in [0.1, 0.15) is 19.8 Å². The smallest absolute Gasteiger partial charge is 0.243 e. The third-order valence-electron chi connectivity index (χ3n) is 3.95. The molecule has 0 aliphatic carbocycles. The maximum atomic E-state index is 13.7. The fourth-order valence-corrected chi connectivity index (χ4v) is 4.24. The topological polar surface area (TPSA) is 78.5 Å². The molecule has 0 atom stereocenters. The Balaban J connectivity index is 0.00000288. The maximum absolute atomic E-state index is 13.7. The van der Waals surface area contributed by atoms with Gasteiger partial charge in [0.1, 0.15) is 5.82 Å². The second-order valence-electron chi connectivity index (χ2n) is 5.73. The first-order valence-corrected chi connectivity index (χ1v) is 9.00. The van der Waals surface area contributed by atoms with Crippen LogP contribution in [-0.4, -0.2) is 45.3 Å². The molecule has 0 aromatic heterocycles. The van der Waals surface area contributed by atoms with Crippen molar-refractivity contribution >= 4 is 34.0 Å². The minimum atomic E-state index is -3.68. The number of anilines is 1. The summed E-state index contributed by atoms with van der Waals surface area (Å²) in [5.41, 5.74) is -0.122. The Morgan fingerprint density at radius 2 is 1.96 bits per heavy atom. The summed E-state index contributed by atoms with van der Waals surface area (Å²) in [6.07, 6.45) is 1.58. The number of carbonyl (C=O) groups is 1. The van der Waals surface area contributed by atoms with Crippen molar-refractivity contribution in [3.8, 4) is 0 Å². The number of benzene rings is 1. The van der Waals surface area contributed by atoms with Crippen LogP contribution in [0, 0.1) is 11.7 Å². The van der Waals surface area contributed by atoms with Crippen molar-refractivity contribution < 1.29 is 17.6 Å². The molecule has 1 aliphatic heterocycles. The molecule has 0 unspecified atom stereocenters. The number of hydrogen-bond acceptors (Lipinski definition) is 4. The Morgan fingerprint density at radius 1 is 1.33 bits per heavy atom. The zero-order chi connectivity index (χ0) is 17.0. The Bertz CT molecular complexity index is 677. The van der Waals surface area contributed by atoms with E-state index < -0.39 is 21.7 Å². The lowest BCUT2D eigenvalue weighted by molar-refractivity contribution is -0.114. The fraction of sp³-hybridized carbons (Fsp3) is 0.533. The number of amides is 1. The molecule has 0 bridgehead atoms. The number of rotatable bonds is 5. The first-order chi connectivity index (χ1) is 10.8. The molecule has 0 radical (unpaired) electrons. The van der Waals surface area contributed by atoms with E-state index in [9.17, 15) is 17.6 Å². The van der Waals surface area contributed by atoms with Crippen molar-refractivity contribution in [2.75, 3.05) is 32.0 Å². The van der Waals surface area contributed by atoms with Gasteiger partial charge in [-0.2, -0.15) is 4.31 Å². The standard InChI is InChI=1S/C15H22FN3O3S.ClH/c1-11(20)18-15-9-13(3-4-14(15)16)23(21,22)19-7-5-12(6-8-19)10-17-2;/h3-4,9,12,17H,5-8,10H2,1-2H3,(H,18,20);1H. The largest absolute Gasteiger partial charge is 0.324 e. The third-order valence-corrected chi connectivity index (χ3v) is 5.85. The van der Waals surface area contributed by atoms with E-state index in [1.165, 1.54) is 23.4 Å². The first kappa shape index (κ1) is 20.8. The molecule has 1 aliphatic rings. The molecule has 2 N–H and O–H groups in total. The van der Waals surface area contributed by atoms with E-state index in [4.69, 9.17) is 0 Å². The van der Waals surface area contributed by atoms with Crippen molar-refractivity contribution in [3.63, 3.8) is 0 Å². The summed E-state index contributed by atoms with van der Waals surface area (Å²) in [6, 6.07) is 3.47. The summed E-state index contributed by atoms with van der Waals surface area (Å²) in [5, 5.41) is 5.41. The van der Waals surface area contributed by atoms with Gasteiger partial charge in [0.15, 0.2) is 0 Å². The Labute approximate surface area is 148 Å². The molecule has 24 heavy (non-hydrogen) atoms. The summed E-state index contributed by atoms with van der Waals surface area (Å²) in [7, 11) is -1.80. The van der Waals surface area contributed by atoms with Crippen molar-refractivity contribution in [2.24, 2.45) is 5.92 Å². The number of nitrogens with one attached hydrogen (secondary N) is 2. The highest BCUT2D eigenvalue weighted by atomic mass is 35.5. The normalized spacial score (nSPS) is 16.5. The van der Waals surface area contributed by atoms with Crippen molar-refractivity contribution in [3.05, 3.63) is 24.0 Å². The summed E-state index contributed by atoms with van der Waals surface area (Å²) in [5.74, 6) is -0.646. The molecule has 0 spiro atoms. The number of nitrogens with zero attached hydrogens (tertiary/aromatic N) is 1. The van der Waals surface area contributed by atoms with E-state index in [0.717, 1.165) is 25.5 Å². The lowest BCUT2D eigenvalue weighted by atomic mass is 9.98. The number of piperidine rings is 1. The van der Waals surface area contributed by atoms with Gasteiger partial charge in [0.25, 0.3) is 0 Å². The average molecular weight is 380 g/mol. The van der Waals surface area contributed by atoms with Crippen LogP contribution >= 0.6 is 12.4 Å². The molecule has 9 heteroatoms. The van der Waals surface area contributed by atoms with Gasteiger partial charge < -0.3 is 10.6 Å². The molecule has 1 amide bonds. The van der Waals surface area contributed by atoms with Crippen LogP contribution in [0.5, 0.6) is 0 Å². The van der Waals surface area contributed by atoms with Crippen LogP contribution in [0.15, 0.2) is 23.1 Å². The van der Waals surface area contributed by atoms with Crippen LogP contribution in [0.4, 0.5) is 10.1 Å². The highest BCUT2D eigenvalue weighted by Gasteiger charge is 2.29. The van der Waals surface area contributed by atoms with Crippen LogP contribution in [0.3, 0.4) is 0 Å². The Kier molecular flexibility index (Phi) is 7.59. The predicted molar refractivity (Wildman–Crippen MR) is 93.4 cm³/mol. The van der Waals surface area contributed by atoms with Crippen LogP contribution in [0.2, 0.25) is 0 Å². The van der Waals surface area contributed by atoms with E-state index in [1.807, 2.05) is 7.05 Å². The van der Waals surface area contributed by atoms with Gasteiger partial charge >= 0.3 is 0 Å². The number of hydrogen-bond donors (Lipinski definition) is 2. The monoisotopic (exact) mass is 379 g/mol. The minimum Gasteiger partial charge on any atom is -0.324 e. The zero-order valence-corrected chi connectivity index (χ0v) is 15.3. The molecular formula is C15H23ClFN3O3S. The van der Waals surface area contributed by atoms with Gasteiger partial charge in [-0.15, -0.1) is 12.4 Å². The molecule has 1 saturated heterocycles. The average Bonchev–Trinajstić information content (AvgIpc) is 2.50. The SMILES string of the molecule is CNCC1CCN(S(=O)(=O)c2ccc(F)c(NC(C)=O)c2)CC1.Cl. The minimum absolute atomic E-state index is 0. The summed E-state index contributed by atoms with van der Waals surface area (Å²) < 4.78 is 40.4. The molecule has 0 saturated carbocycles. The van der Waals surface area contributed by atoms with Gasteiger partial charge in [-0.1, -0.05) is 0 Å². The van der Waals surface area contributed by atoms with Gasteiger partial charge in [-0.25, -0.2) is 12.8 Å². The molecular weight excluding hydrogens is 357 g/mol. The Hall–Kier alpha value is -1.22. The molecule has 136 valence electrons. The van der Waals surface area contributed by atoms with Gasteiger partial charge in [-0.3, -0.25) is 4.79 Å². The van der Waals surface area contributed by atoms with Gasteiger partial charge in [-0.05, 0) is 50.6 Å². The van der Waals surface area contributed by atoms with Crippen LogP contribution < -0.4 is 10.6 Å². The van der Waals surface area contributed by atoms with Gasteiger partial charge in [0, 0.05) is 20.0 Å². The molecule has 2 rings (SSSR count). The van der Waals surface area contributed by atoms with Crippen LogP contribution in [0.25, 0.3) is 0 Å². The lowest BCUT2D eigenvalue weighted by Crippen LogP contribution is -2.40. The molecule has 1 aromatic carbocycles. The molecule has 1 aromatic rings. The second kappa shape index (κ2) is 8.75. The zero-order valence-electron chi connectivity index (χ0n) is 13.7.